The third-order valence-electron chi connectivity index (χ3n) is 3.20. The van der Waals surface area contributed by atoms with Gasteiger partial charge < -0.3 is 5.32 Å². The molecule has 0 aliphatic heterocycles. The minimum Gasteiger partial charge on any atom is -0.353 e. The van der Waals surface area contributed by atoms with Crippen LogP contribution in [0.2, 0.25) is 0 Å². The van der Waals surface area contributed by atoms with E-state index in [2.05, 4.69) is 20.8 Å². The van der Waals surface area contributed by atoms with Gasteiger partial charge in [-0.15, -0.1) is 5.10 Å². The maximum atomic E-state index is 12.4. The van der Waals surface area contributed by atoms with Gasteiger partial charge in [0, 0.05) is 6.04 Å². The monoisotopic (exact) mass is 337 g/mol. The summed E-state index contributed by atoms with van der Waals surface area (Å²) in [5.41, 5.74) is 0.655. The van der Waals surface area contributed by atoms with Crippen LogP contribution in [-0.4, -0.2) is 45.8 Å². The number of amides is 1. The Labute approximate surface area is 134 Å². The average molecular weight is 337 g/mol. The molecule has 0 unspecified atom stereocenters. The summed E-state index contributed by atoms with van der Waals surface area (Å²) in [6, 6.07) is 8.84. The number of carbonyl (C=O) groups is 1. The van der Waals surface area contributed by atoms with Crippen LogP contribution in [0.5, 0.6) is 0 Å². The van der Waals surface area contributed by atoms with Crippen molar-refractivity contribution in [2.75, 3.05) is 0 Å². The van der Waals surface area contributed by atoms with Crippen LogP contribution in [0, 0.1) is 0 Å². The van der Waals surface area contributed by atoms with Gasteiger partial charge in [0.2, 0.25) is 5.91 Å². The summed E-state index contributed by atoms with van der Waals surface area (Å²) in [4.78, 5) is 11.9. The standard InChI is InChI=1S/C14H19N5O3S/c1-10(2)15-14(20)11(3)23(21,22)9-13-16-17-18-19(13)12-7-5-4-6-8-12/h4-8,10-11H,9H2,1-3H3,(H,15,20)/t11-/m0/s1. The van der Waals surface area contributed by atoms with E-state index in [9.17, 15) is 13.2 Å². The van der Waals surface area contributed by atoms with Gasteiger partial charge in [0.15, 0.2) is 15.7 Å². The molecular weight excluding hydrogens is 318 g/mol. The largest absolute Gasteiger partial charge is 0.353 e. The van der Waals surface area contributed by atoms with E-state index in [0.29, 0.717) is 5.69 Å². The molecule has 1 atom stereocenters. The van der Waals surface area contributed by atoms with Crippen molar-refractivity contribution in [2.45, 2.75) is 37.8 Å². The van der Waals surface area contributed by atoms with Crippen LogP contribution >= 0.6 is 0 Å². The Balaban J connectivity index is 2.22. The van der Waals surface area contributed by atoms with E-state index in [-0.39, 0.29) is 11.9 Å². The lowest BCUT2D eigenvalue weighted by Gasteiger charge is -2.15. The quantitative estimate of drug-likeness (QED) is 0.822. The Morgan fingerprint density at radius 2 is 1.87 bits per heavy atom. The summed E-state index contributed by atoms with van der Waals surface area (Å²) in [5.74, 6) is -0.777. The molecule has 8 nitrogen and oxygen atoms in total. The van der Waals surface area contributed by atoms with Crippen molar-refractivity contribution in [3.05, 3.63) is 36.2 Å². The van der Waals surface area contributed by atoms with Crippen LogP contribution in [0.25, 0.3) is 5.69 Å². The molecule has 0 saturated heterocycles. The molecule has 124 valence electrons. The fourth-order valence-corrected chi connectivity index (χ4v) is 3.12. The Kier molecular flexibility index (Phi) is 5.09. The predicted molar refractivity (Wildman–Crippen MR) is 84.5 cm³/mol. The number of hydrogen-bond acceptors (Lipinski definition) is 6. The van der Waals surface area contributed by atoms with E-state index in [1.165, 1.54) is 11.6 Å². The molecule has 0 saturated carbocycles. The van der Waals surface area contributed by atoms with E-state index >= 15 is 0 Å². The molecule has 2 rings (SSSR count). The number of nitrogens with one attached hydrogen (secondary N) is 1. The maximum Gasteiger partial charge on any atom is 0.238 e. The number of nitrogens with zero attached hydrogens (tertiary/aromatic N) is 4. The van der Waals surface area contributed by atoms with Gasteiger partial charge >= 0.3 is 0 Å². The van der Waals surface area contributed by atoms with Crippen LogP contribution in [0.1, 0.15) is 26.6 Å². The number of benzene rings is 1. The SMILES string of the molecule is CC(C)NC(=O)[C@H](C)S(=O)(=O)Cc1nnnn1-c1ccccc1. The lowest BCUT2D eigenvalue weighted by atomic mass is 10.3. The van der Waals surface area contributed by atoms with Crippen molar-refractivity contribution in [1.29, 1.82) is 0 Å². The summed E-state index contributed by atoms with van der Waals surface area (Å²) in [7, 11) is -3.73. The first-order chi connectivity index (χ1) is 10.8. The molecule has 0 bridgehead atoms. The number of tetrazole rings is 1. The molecule has 1 N–H and O–H groups in total. The smallest absolute Gasteiger partial charge is 0.238 e. The molecule has 0 aliphatic carbocycles. The predicted octanol–water partition coefficient (Wildman–Crippen LogP) is 0.490. The van der Waals surface area contributed by atoms with Gasteiger partial charge in [-0.25, -0.2) is 8.42 Å². The van der Waals surface area contributed by atoms with E-state index in [1.807, 2.05) is 6.07 Å². The highest BCUT2D eigenvalue weighted by molar-refractivity contribution is 7.92. The number of hydrogen-bond donors (Lipinski definition) is 1. The molecule has 1 heterocycles. The Morgan fingerprint density at radius 1 is 1.22 bits per heavy atom. The van der Waals surface area contributed by atoms with Crippen molar-refractivity contribution < 1.29 is 13.2 Å². The van der Waals surface area contributed by atoms with Crippen LogP contribution in [0.15, 0.2) is 30.3 Å². The van der Waals surface area contributed by atoms with Gasteiger partial charge in [-0.1, -0.05) is 18.2 Å². The lowest BCUT2D eigenvalue weighted by molar-refractivity contribution is -0.120. The molecule has 23 heavy (non-hydrogen) atoms. The van der Waals surface area contributed by atoms with Crippen molar-refractivity contribution in [2.24, 2.45) is 0 Å². The number of rotatable bonds is 6. The summed E-state index contributed by atoms with van der Waals surface area (Å²) in [6.07, 6.45) is 0. The van der Waals surface area contributed by atoms with Crippen molar-refractivity contribution >= 4 is 15.7 Å². The zero-order valence-electron chi connectivity index (χ0n) is 13.2. The minimum atomic E-state index is -3.73. The summed E-state index contributed by atoms with van der Waals surface area (Å²) < 4.78 is 26.2. The van der Waals surface area contributed by atoms with Crippen LogP contribution < -0.4 is 5.32 Å². The molecule has 0 fully saturated rings. The lowest BCUT2D eigenvalue weighted by Crippen LogP contribution is -2.41. The van der Waals surface area contributed by atoms with Gasteiger partial charge in [0.25, 0.3) is 0 Å². The third kappa shape index (κ3) is 4.13. The van der Waals surface area contributed by atoms with Gasteiger partial charge in [-0.2, -0.15) is 4.68 Å². The first-order valence-corrected chi connectivity index (χ1v) is 8.87. The molecule has 0 aliphatic rings. The number of para-hydroxylation sites is 1. The van der Waals surface area contributed by atoms with Crippen LogP contribution in [0.4, 0.5) is 0 Å². The molecule has 9 heteroatoms. The fourth-order valence-electron chi connectivity index (χ4n) is 1.94. The zero-order chi connectivity index (χ0) is 17.0. The first kappa shape index (κ1) is 17.1. The Morgan fingerprint density at radius 3 is 2.48 bits per heavy atom. The topological polar surface area (TPSA) is 107 Å². The molecular formula is C14H19N5O3S. The minimum absolute atomic E-state index is 0.130. The van der Waals surface area contributed by atoms with Gasteiger partial charge in [-0.3, -0.25) is 4.79 Å². The third-order valence-corrected chi connectivity index (χ3v) is 5.16. The highest BCUT2D eigenvalue weighted by atomic mass is 32.2. The van der Waals surface area contributed by atoms with E-state index in [0.717, 1.165) is 0 Å². The highest BCUT2D eigenvalue weighted by Crippen LogP contribution is 2.13. The molecule has 2 aromatic rings. The van der Waals surface area contributed by atoms with Crippen molar-refractivity contribution in [1.82, 2.24) is 25.5 Å². The molecule has 0 radical (unpaired) electrons. The van der Waals surface area contributed by atoms with Crippen molar-refractivity contribution in [3.63, 3.8) is 0 Å². The number of carbonyl (C=O) groups excluding carboxylic acids is 1. The molecule has 0 spiro atoms. The second kappa shape index (κ2) is 6.86. The Bertz CT molecular complexity index is 771. The van der Waals surface area contributed by atoms with Crippen LogP contribution in [0.3, 0.4) is 0 Å². The summed E-state index contributed by atoms with van der Waals surface area (Å²) in [6.45, 7) is 4.91. The zero-order valence-corrected chi connectivity index (χ0v) is 14.0. The fraction of sp³-hybridized carbons (Fsp3) is 0.429. The van der Waals surface area contributed by atoms with E-state index in [4.69, 9.17) is 0 Å². The van der Waals surface area contributed by atoms with E-state index in [1.54, 1.807) is 38.1 Å². The van der Waals surface area contributed by atoms with Gasteiger partial charge in [-0.05, 0) is 43.3 Å². The van der Waals surface area contributed by atoms with Crippen LogP contribution in [-0.2, 0) is 20.4 Å². The average Bonchev–Trinajstić information content (AvgIpc) is 2.94. The number of aromatic nitrogens is 4. The van der Waals surface area contributed by atoms with Crippen molar-refractivity contribution in [3.8, 4) is 5.69 Å². The summed E-state index contributed by atoms with van der Waals surface area (Å²) in [5, 5.41) is 12.5. The Hall–Kier alpha value is -2.29. The molecule has 1 aromatic carbocycles. The first-order valence-electron chi connectivity index (χ1n) is 7.16. The van der Waals surface area contributed by atoms with Gasteiger partial charge in [0.05, 0.1) is 5.69 Å². The van der Waals surface area contributed by atoms with Gasteiger partial charge in [0.1, 0.15) is 11.0 Å². The molecule has 1 aromatic heterocycles. The second-order valence-corrected chi connectivity index (χ2v) is 7.78. The highest BCUT2D eigenvalue weighted by Gasteiger charge is 2.30. The van der Waals surface area contributed by atoms with E-state index < -0.39 is 26.7 Å². The second-order valence-electron chi connectivity index (χ2n) is 5.46. The molecule has 1 amide bonds. The maximum absolute atomic E-state index is 12.4. The number of sulfone groups is 1. The summed E-state index contributed by atoms with van der Waals surface area (Å²) >= 11 is 0. The normalized spacial score (nSPS) is 13.0.